The summed E-state index contributed by atoms with van der Waals surface area (Å²) >= 11 is 5.92. The van der Waals surface area contributed by atoms with Gasteiger partial charge in [-0.15, -0.1) is 0 Å². The zero-order valence-corrected chi connectivity index (χ0v) is 9.67. The molecule has 1 fully saturated rings. The molecule has 4 heteroatoms. The van der Waals surface area contributed by atoms with E-state index in [2.05, 4.69) is 5.32 Å². The molecule has 0 amide bonds. The number of hydrogen-bond donors (Lipinski definition) is 1. The lowest BCUT2D eigenvalue weighted by Crippen LogP contribution is -2.36. The smallest absolute Gasteiger partial charge is 0.339 e. The van der Waals surface area contributed by atoms with Crippen LogP contribution in [0.5, 0.6) is 0 Å². The quantitative estimate of drug-likeness (QED) is 0.805. The monoisotopic (exact) mass is 239 g/mol. The maximum absolute atomic E-state index is 11.8. The minimum absolute atomic E-state index is 0.0301. The summed E-state index contributed by atoms with van der Waals surface area (Å²) in [4.78, 5) is 11.8. The summed E-state index contributed by atoms with van der Waals surface area (Å²) in [6.45, 7) is 1.73. The van der Waals surface area contributed by atoms with E-state index in [1.54, 1.807) is 24.3 Å². The molecule has 0 bridgehead atoms. The predicted octanol–water partition coefficient (Wildman–Crippen LogP) is 2.25. The van der Waals surface area contributed by atoms with Crippen LogP contribution in [0.2, 0.25) is 5.02 Å². The van der Waals surface area contributed by atoms with Gasteiger partial charge in [0.05, 0.1) is 10.6 Å². The molecule has 1 aliphatic heterocycles. The van der Waals surface area contributed by atoms with Gasteiger partial charge >= 0.3 is 5.97 Å². The van der Waals surface area contributed by atoms with E-state index in [4.69, 9.17) is 16.3 Å². The highest BCUT2D eigenvalue weighted by atomic mass is 35.5. The molecule has 0 aliphatic carbocycles. The second-order valence-electron chi connectivity index (χ2n) is 3.85. The Balaban J connectivity index is 2.00. The Bertz CT molecular complexity index is 375. The molecule has 2 rings (SSSR count). The first-order chi connectivity index (χ1) is 7.77. The van der Waals surface area contributed by atoms with E-state index in [0.717, 1.165) is 25.9 Å². The van der Waals surface area contributed by atoms with E-state index in [0.29, 0.717) is 10.6 Å². The number of halogens is 1. The molecule has 1 heterocycles. The van der Waals surface area contributed by atoms with Crippen molar-refractivity contribution < 1.29 is 9.53 Å². The van der Waals surface area contributed by atoms with Crippen molar-refractivity contribution in [3.8, 4) is 0 Å². The molecule has 1 aliphatic rings. The summed E-state index contributed by atoms with van der Waals surface area (Å²) in [6, 6.07) is 6.95. The van der Waals surface area contributed by atoms with Crippen molar-refractivity contribution in [1.29, 1.82) is 0 Å². The SMILES string of the molecule is O=C(OC1CCCNC1)c1ccccc1Cl. The van der Waals surface area contributed by atoms with E-state index in [9.17, 15) is 4.79 Å². The van der Waals surface area contributed by atoms with Crippen LogP contribution >= 0.6 is 11.6 Å². The highest BCUT2D eigenvalue weighted by molar-refractivity contribution is 6.33. The molecule has 1 saturated heterocycles. The molecule has 3 nitrogen and oxygen atoms in total. The van der Waals surface area contributed by atoms with Crippen LogP contribution in [0.4, 0.5) is 0 Å². The van der Waals surface area contributed by atoms with Crippen molar-refractivity contribution in [2.75, 3.05) is 13.1 Å². The maximum atomic E-state index is 11.8. The maximum Gasteiger partial charge on any atom is 0.339 e. The number of benzene rings is 1. The van der Waals surface area contributed by atoms with Gasteiger partial charge in [-0.25, -0.2) is 4.79 Å². The van der Waals surface area contributed by atoms with Gasteiger partial charge in [-0.2, -0.15) is 0 Å². The topological polar surface area (TPSA) is 38.3 Å². The molecule has 86 valence electrons. The zero-order chi connectivity index (χ0) is 11.4. The van der Waals surface area contributed by atoms with Crippen LogP contribution in [0.3, 0.4) is 0 Å². The number of piperidine rings is 1. The molecule has 1 atom stereocenters. The fourth-order valence-electron chi connectivity index (χ4n) is 1.76. The summed E-state index contributed by atoms with van der Waals surface area (Å²) in [6.07, 6.45) is 1.93. The number of rotatable bonds is 2. The molecule has 0 radical (unpaired) electrons. The zero-order valence-electron chi connectivity index (χ0n) is 8.91. The molecular weight excluding hydrogens is 226 g/mol. The molecule has 0 spiro atoms. The third-order valence-corrected chi connectivity index (χ3v) is 2.95. The lowest BCUT2D eigenvalue weighted by molar-refractivity contribution is 0.0245. The van der Waals surface area contributed by atoms with Crippen molar-refractivity contribution in [1.82, 2.24) is 5.32 Å². The Labute approximate surface area is 99.7 Å². The van der Waals surface area contributed by atoms with E-state index in [1.807, 2.05) is 0 Å². The Morgan fingerprint density at radius 3 is 2.94 bits per heavy atom. The Morgan fingerprint density at radius 2 is 2.25 bits per heavy atom. The Morgan fingerprint density at radius 1 is 1.44 bits per heavy atom. The lowest BCUT2D eigenvalue weighted by atomic mass is 10.1. The first-order valence-corrected chi connectivity index (χ1v) is 5.81. The van der Waals surface area contributed by atoms with Crippen LogP contribution in [-0.4, -0.2) is 25.2 Å². The minimum Gasteiger partial charge on any atom is -0.457 e. The standard InChI is InChI=1S/C12H14ClNO2/c13-11-6-2-1-5-10(11)12(15)16-9-4-3-7-14-8-9/h1-2,5-6,9,14H,3-4,7-8H2. The highest BCUT2D eigenvalue weighted by Crippen LogP contribution is 2.17. The third kappa shape index (κ3) is 2.74. The van der Waals surface area contributed by atoms with E-state index >= 15 is 0 Å². The average Bonchev–Trinajstić information content (AvgIpc) is 2.31. The van der Waals surface area contributed by atoms with Crippen LogP contribution < -0.4 is 5.32 Å². The second kappa shape index (κ2) is 5.32. The van der Waals surface area contributed by atoms with Crippen LogP contribution in [0.15, 0.2) is 24.3 Å². The van der Waals surface area contributed by atoms with Crippen LogP contribution in [-0.2, 0) is 4.74 Å². The molecule has 16 heavy (non-hydrogen) atoms. The summed E-state index contributed by atoms with van der Waals surface area (Å²) in [7, 11) is 0. The van der Waals surface area contributed by atoms with Gasteiger partial charge in [-0.3, -0.25) is 0 Å². The van der Waals surface area contributed by atoms with Crippen molar-refractivity contribution in [3.63, 3.8) is 0 Å². The molecule has 0 saturated carbocycles. The fourth-order valence-corrected chi connectivity index (χ4v) is 1.97. The predicted molar refractivity (Wildman–Crippen MR) is 62.8 cm³/mol. The number of carbonyl (C=O) groups excluding carboxylic acids is 1. The van der Waals surface area contributed by atoms with E-state index in [1.165, 1.54) is 0 Å². The summed E-state index contributed by atoms with van der Waals surface area (Å²) in [5, 5.41) is 3.64. The van der Waals surface area contributed by atoms with Gasteiger partial charge in [-0.1, -0.05) is 23.7 Å². The highest BCUT2D eigenvalue weighted by Gasteiger charge is 2.19. The molecule has 1 aromatic rings. The number of ether oxygens (including phenoxy) is 1. The average molecular weight is 240 g/mol. The van der Waals surface area contributed by atoms with Gasteiger partial charge in [0, 0.05) is 6.54 Å². The normalized spacial score (nSPS) is 20.4. The van der Waals surface area contributed by atoms with Gasteiger partial charge < -0.3 is 10.1 Å². The van der Waals surface area contributed by atoms with Gasteiger partial charge in [0.15, 0.2) is 0 Å². The fraction of sp³-hybridized carbons (Fsp3) is 0.417. The van der Waals surface area contributed by atoms with Gasteiger partial charge in [0.2, 0.25) is 0 Å². The molecular formula is C12H14ClNO2. The number of hydrogen-bond acceptors (Lipinski definition) is 3. The van der Waals surface area contributed by atoms with Gasteiger partial charge in [0.25, 0.3) is 0 Å². The molecule has 0 aromatic heterocycles. The van der Waals surface area contributed by atoms with Crippen molar-refractivity contribution in [3.05, 3.63) is 34.9 Å². The largest absolute Gasteiger partial charge is 0.457 e. The second-order valence-corrected chi connectivity index (χ2v) is 4.26. The van der Waals surface area contributed by atoms with Crippen molar-refractivity contribution in [2.45, 2.75) is 18.9 Å². The number of nitrogens with one attached hydrogen (secondary N) is 1. The van der Waals surface area contributed by atoms with Crippen molar-refractivity contribution >= 4 is 17.6 Å². The lowest BCUT2D eigenvalue weighted by Gasteiger charge is -2.22. The van der Waals surface area contributed by atoms with Crippen LogP contribution in [0.25, 0.3) is 0 Å². The van der Waals surface area contributed by atoms with E-state index < -0.39 is 0 Å². The number of esters is 1. The molecule has 1 aromatic carbocycles. The number of carbonyl (C=O) groups is 1. The van der Waals surface area contributed by atoms with Gasteiger partial charge in [-0.05, 0) is 31.5 Å². The Kier molecular flexibility index (Phi) is 3.80. The van der Waals surface area contributed by atoms with Gasteiger partial charge in [0.1, 0.15) is 6.10 Å². The van der Waals surface area contributed by atoms with Crippen LogP contribution in [0, 0.1) is 0 Å². The first-order valence-electron chi connectivity index (χ1n) is 5.43. The van der Waals surface area contributed by atoms with Crippen molar-refractivity contribution in [2.24, 2.45) is 0 Å². The minimum atomic E-state index is -0.334. The molecule has 1 N–H and O–H groups in total. The molecule has 1 unspecified atom stereocenters. The summed E-state index contributed by atoms with van der Waals surface area (Å²) in [5.41, 5.74) is 0.440. The third-order valence-electron chi connectivity index (χ3n) is 2.62. The summed E-state index contributed by atoms with van der Waals surface area (Å²) < 4.78 is 5.37. The van der Waals surface area contributed by atoms with E-state index in [-0.39, 0.29) is 12.1 Å². The van der Waals surface area contributed by atoms with Crippen LogP contribution in [0.1, 0.15) is 23.2 Å². The first kappa shape index (κ1) is 11.4. The Hall–Kier alpha value is -1.06. The summed E-state index contributed by atoms with van der Waals surface area (Å²) in [5.74, 6) is -0.334.